The normalized spacial score (nSPS) is 15.8. The Labute approximate surface area is 145 Å². The highest BCUT2D eigenvalue weighted by atomic mass is 16.5. The Morgan fingerprint density at radius 3 is 2.38 bits per heavy atom. The Kier molecular flexibility index (Phi) is 7.00. The van der Waals surface area contributed by atoms with Gasteiger partial charge in [0, 0.05) is 43.6 Å². The largest absolute Gasteiger partial charge is 0.474 e. The van der Waals surface area contributed by atoms with Crippen LogP contribution >= 0.6 is 0 Å². The number of aromatic nitrogens is 2. The average Bonchev–Trinajstić information content (AvgIpc) is 2.54. The lowest BCUT2D eigenvalue weighted by molar-refractivity contribution is -0.137. The van der Waals surface area contributed by atoms with Crippen LogP contribution in [0.15, 0.2) is 6.07 Å². The summed E-state index contributed by atoms with van der Waals surface area (Å²) in [6, 6.07) is 1.88. The zero-order chi connectivity index (χ0) is 17.5. The van der Waals surface area contributed by atoms with E-state index in [0.29, 0.717) is 11.8 Å². The average molecular weight is 333 g/mol. The first-order valence-corrected chi connectivity index (χ1v) is 9.31. The van der Waals surface area contributed by atoms with Crippen molar-refractivity contribution in [2.24, 2.45) is 5.92 Å². The molecule has 5 heteroatoms. The number of piperidine rings is 1. The van der Waals surface area contributed by atoms with Crippen molar-refractivity contribution in [1.29, 1.82) is 0 Å². The molecule has 2 heterocycles. The summed E-state index contributed by atoms with van der Waals surface area (Å²) >= 11 is 0. The maximum absolute atomic E-state index is 12.7. The van der Waals surface area contributed by atoms with Crippen LogP contribution in [-0.4, -0.2) is 40.0 Å². The van der Waals surface area contributed by atoms with E-state index in [4.69, 9.17) is 4.74 Å². The molecule has 1 aromatic heterocycles. The Morgan fingerprint density at radius 2 is 1.83 bits per heavy atom. The molecular formula is C19H31N3O2. The van der Waals surface area contributed by atoms with Crippen LogP contribution in [0.25, 0.3) is 0 Å². The highest BCUT2D eigenvalue weighted by Crippen LogP contribution is 2.22. The molecule has 0 saturated carbocycles. The van der Waals surface area contributed by atoms with E-state index in [1.54, 1.807) is 0 Å². The third-order valence-electron chi connectivity index (χ3n) is 4.61. The first kappa shape index (κ1) is 18.7. The van der Waals surface area contributed by atoms with Crippen molar-refractivity contribution < 1.29 is 9.53 Å². The standard InChI is InChI=1S/C19H31N3O2/c1-5-7-16(8-6-2)19(23)22-11-9-17(10-12-22)24-18-13-14(3)20-15(4)21-18/h13,16-17H,5-12H2,1-4H3. The summed E-state index contributed by atoms with van der Waals surface area (Å²) in [4.78, 5) is 23.3. The van der Waals surface area contributed by atoms with Gasteiger partial charge in [0.2, 0.25) is 11.8 Å². The van der Waals surface area contributed by atoms with Gasteiger partial charge in [-0.15, -0.1) is 0 Å². The number of carbonyl (C=O) groups is 1. The number of amides is 1. The summed E-state index contributed by atoms with van der Waals surface area (Å²) in [5.41, 5.74) is 0.923. The first-order chi connectivity index (χ1) is 11.5. The summed E-state index contributed by atoms with van der Waals surface area (Å²) < 4.78 is 6.01. The van der Waals surface area contributed by atoms with Crippen molar-refractivity contribution in [3.05, 3.63) is 17.6 Å². The molecule has 0 spiro atoms. The lowest BCUT2D eigenvalue weighted by atomic mass is 9.95. The fourth-order valence-corrected chi connectivity index (χ4v) is 3.45. The second-order valence-electron chi connectivity index (χ2n) is 6.81. The molecule has 1 fully saturated rings. The summed E-state index contributed by atoms with van der Waals surface area (Å²) in [7, 11) is 0. The number of hydrogen-bond donors (Lipinski definition) is 0. The van der Waals surface area contributed by atoms with Crippen LogP contribution in [0.5, 0.6) is 5.88 Å². The zero-order valence-electron chi connectivity index (χ0n) is 15.5. The lowest BCUT2D eigenvalue weighted by Gasteiger charge is -2.34. The zero-order valence-corrected chi connectivity index (χ0v) is 15.5. The minimum Gasteiger partial charge on any atom is -0.474 e. The molecule has 2 rings (SSSR count). The maximum Gasteiger partial charge on any atom is 0.225 e. The van der Waals surface area contributed by atoms with Gasteiger partial charge < -0.3 is 9.64 Å². The Bertz CT molecular complexity index is 513. The summed E-state index contributed by atoms with van der Waals surface area (Å²) in [6.45, 7) is 9.71. The van der Waals surface area contributed by atoms with E-state index >= 15 is 0 Å². The van der Waals surface area contributed by atoms with Gasteiger partial charge in [0.25, 0.3) is 0 Å². The Morgan fingerprint density at radius 1 is 1.21 bits per heavy atom. The minimum atomic E-state index is 0.138. The van der Waals surface area contributed by atoms with E-state index in [1.165, 1.54) is 0 Å². The Balaban J connectivity index is 1.87. The van der Waals surface area contributed by atoms with Gasteiger partial charge in [-0.05, 0) is 26.7 Å². The minimum absolute atomic E-state index is 0.138. The molecule has 0 unspecified atom stereocenters. The fourth-order valence-electron chi connectivity index (χ4n) is 3.45. The molecule has 0 N–H and O–H groups in total. The van der Waals surface area contributed by atoms with Gasteiger partial charge in [-0.25, -0.2) is 4.98 Å². The van der Waals surface area contributed by atoms with Crippen molar-refractivity contribution in [1.82, 2.24) is 14.9 Å². The van der Waals surface area contributed by atoms with Crippen LogP contribution in [0.4, 0.5) is 0 Å². The highest BCUT2D eigenvalue weighted by molar-refractivity contribution is 5.78. The van der Waals surface area contributed by atoms with Crippen molar-refractivity contribution >= 4 is 5.91 Å². The van der Waals surface area contributed by atoms with Gasteiger partial charge in [0.15, 0.2) is 0 Å². The molecular weight excluding hydrogens is 302 g/mol. The van der Waals surface area contributed by atoms with E-state index < -0.39 is 0 Å². The van der Waals surface area contributed by atoms with Crippen LogP contribution in [0, 0.1) is 19.8 Å². The van der Waals surface area contributed by atoms with Crippen LogP contribution in [0.3, 0.4) is 0 Å². The summed E-state index contributed by atoms with van der Waals surface area (Å²) in [6.07, 6.45) is 6.03. The topological polar surface area (TPSA) is 55.3 Å². The van der Waals surface area contributed by atoms with Crippen molar-refractivity contribution in [3.63, 3.8) is 0 Å². The van der Waals surface area contributed by atoms with E-state index in [1.807, 2.05) is 24.8 Å². The van der Waals surface area contributed by atoms with Gasteiger partial charge in [-0.3, -0.25) is 4.79 Å². The van der Waals surface area contributed by atoms with Gasteiger partial charge in [0.1, 0.15) is 11.9 Å². The molecule has 1 amide bonds. The maximum atomic E-state index is 12.7. The van der Waals surface area contributed by atoms with E-state index in [-0.39, 0.29) is 12.0 Å². The van der Waals surface area contributed by atoms with Crippen molar-refractivity contribution in [3.8, 4) is 5.88 Å². The number of ether oxygens (including phenoxy) is 1. The molecule has 0 bridgehead atoms. The predicted octanol–water partition coefficient (Wildman–Crippen LogP) is 3.68. The van der Waals surface area contributed by atoms with E-state index in [0.717, 1.165) is 63.1 Å². The molecule has 0 atom stereocenters. The van der Waals surface area contributed by atoms with Gasteiger partial charge in [-0.2, -0.15) is 4.98 Å². The molecule has 1 aromatic rings. The second-order valence-corrected chi connectivity index (χ2v) is 6.81. The highest BCUT2D eigenvalue weighted by Gasteiger charge is 2.28. The number of hydrogen-bond acceptors (Lipinski definition) is 4. The smallest absolute Gasteiger partial charge is 0.225 e. The van der Waals surface area contributed by atoms with Crippen LogP contribution < -0.4 is 4.74 Å². The number of carbonyl (C=O) groups excluding carboxylic acids is 1. The summed E-state index contributed by atoms with van der Waals surface area (Å²) in [5, 5.41) is 0. The fraction of sp³-hybridized carbons (Fsp3) is 0.737. The molecule has 1 saturated heterocycles. The monoisotopic (exact) mass is 333 g/mol. The molecule has 0 radical (unpaired) electrons. The molecule has 5 nitrogen and oxygen atoms in total. The van der Waals surface area contributed by atoms with Gasteiger partial charge >= 0.3 is 0 Å². The quantitative estimate of drug-likeness (QED) is 0.764. The number of nitrogens with zero attached hydrogens (tertiary/aromatic N) is 3. The third kappa shape index (κ3) is 5.18. The van der Waals surface area contributed by atoms with Crippen LogP contribution in [0.1, 0.15) is 63.9 Å². The third-order valence-corrected chi connectivity index (χ3v) is 4.61. The number of likely N-dealkylation sites (tertiary alicyclic amines) is 1. The molecule has 0 aliphatic carbocycles. The van der Waals surface area contributed by atoms with Crippen molar-refractivity contribution in [2.45, 2.75) is 72.3 Å². The molecule has 0 aromatic carbocycles. The first-order valence-electron chi connectivity index (χ1n) is 9.31. The lowest BCUT2D eigenvalue weighted by Crippen LogP contribution is -2.44. The predicted molar refractivity (Wildman–Crippen MR) is 95.0 cm³/mol. The molecule has 24 heavy (non-hydrogen) atoms. The van der Waals surface area contributed by atoms with Crippen LogP contribution in [-0.2, 0) is 4.79 Å². The van der Waals surface area contributed by atoms with E-state index in [9.17, 15) is 4.79 Å². The van der Waals surface area contributed by atoms with Crippen molar-refractivity contribution in [2.75, 3.05) is 13.1 Å². The number of aryl methyl sites for hydroxylation is 2. The molecule has 134 valence electrons. The second kappa shape index (κ2) is 9.00. The molecule has 1 aliphatic rings. The van der Waals surface area contributed by atoms with E-state index in [2.05, 4.69) is 23.8 Å². The van der Waals surface area contributed by atoms with Crippen LogP contribution in [0.2, 0.25) is 0 Å². The van der Waals surface area contributed by atoms with Gasteiger partial charge in [-0.1, -0.05) is 26.7 Å². The number of rotatable bonds is 7. The Hall–Kier alpha value is -1.65. The molecule has 1 aliphatic heterocycles. The summed E-state index contributed by atoms with van der Waals surface area (Å²) in [5.74, 6) is 1.93. The SMILES string of the molecule is CCCC(CCC)C(=O)N1CCC(Oc2cc(C)nc(C)n2)CC1. The van der Waals surface area contributed by atoms with Gasteiger partial charge in [0.05, 0.1) is 0 Å².